The van der Waals surface area contributed by atoms with Crippen molar-refractivity contribution in [1.82, 2.24) is 15.5 Å². The summed E-state index contributed by atoms with van der Waals surface area (Å²) in [6.45, 7) is 7.67. The average molecular weight is 570 g/mol. The van der Waals surface area contributed by atoms with E-state index in [1.165, 1.54) is 18.9 Å². The second-order valence-corrected chi connectivity index (χ2v) is 8.75. The lowest BCUT2D eigenvalue weighted by Crippen LogP contribution is -2.44. The highest BCUT2D eigenvalue weighted by Crippen LogP contribution is 2.35. The number of aliphatic imine (C=N–C) groups is 1. The van der Waals surface area contributed by atoms with Crippen LogP contribution in [-0.2, 0) is 10.2 Å². The van der Waals surface area contributed by atoms with Crippen LogP contribution < -0.4 is 10.6 Å². The fourth-order valence-electron chi connectivity index (χ4n) is 4.83. The first-order chi connectivity index (χ1) is 15.7. The van der Waals surface area contributed by atoms with Crippen molar-refractivity contribution in [3.8, 4) is 0 Å². The van der Waals surface area contributed by atoms with Crippen molar-refractivity contribution in [3.63, 3.8) is 0 Å². The number of likely N-dealkylation sites (tertiary alicyclic amines) is 1. The van der Waals surface area contributed by atoms with E-state index in [0.717, 1.165) is 56.3 Å². The van der Waals surface area contributed by atoms with E-state index < -0.39 is 0 Å². The molecule has 2 aromatic rings. The molecule has 2 saturated heterocycles. The second-order valence-electron chi connectivity index (χ2n) is 8.75. The first-order valence-corrected chi connectivity index (χ1v) is 11.8. The minimum absolute atomic E-state index is 0. The first-order valence-electron chi connectivity index (χ1n) is 11.8. The van der Waals surface area contributed by atoms with Crippen molar-refractivity contribution >= 4 is 29.9 Å². The van der Waals surface area contributed by atoms with Gasteiger partial charge in [-0.2, -0.15) is 0 Å². The van der Waals surface area contributed by atoms with Crippen LogP contribution in [0.15, 0.2) is 52.1 Å². The maximum Gasteiger partial charge on any atom is 0.191 e. The van der Waals surface area contributed by atoms with Gasteiger partial charge in [-0.25, -0.2) is 4.39 Å². The van der Waals surface area contributed by atoms with E-state index in [1.807, 2.05) is 12.1 Å². The Morgan fingerprint density at radius 3 is 2.61 bits per heavy atom. The molecule has 1 aromatic heterocycles. The molecule has 4 rings (SSSR count). The summed E-state index contributed by atoms with van der Waals surface area (Å²) in [5, 5.41) is 6.92. The number of hydrogen-bond acceptors (Lipinski definition) is 4. The Morgan fingerprint density at radius 2 is 1.94 bits per heavy atom. The second kappa shape index (κ2) is 12.7. The summed E-state index contributed by atoms with van der Waals surface area (Å²) in [6.07, 6.45) is 5.86. The number of furan rings is 1. The zero-order chi connectivity index (χ0) is 22.2. The lowest BCUT2D eigenvalue weighted by Gasteiger charge is -2.36. The molecule has 1 unspecified atom stereocenters. The van der Waals surface area contributed by atoms with Crippen molar-refractivity contribution in [3.05, 3.63) is 59.8 Å². The molecule has 8 heteroatoms. The zero-order valence-corrected chi connectivity index (χ0v) is 21.7. The smallest absolute Gasteiger partial charge is 0.191 e. The highest BCUT2D eigenvalue weighted by atomic mass is 127. The summed E-state index contributed by atoms with van der Waals surface area (Å²) < 4.78 is 25.4. The summed E-state index contributed by atoms with van der Waals surface area (Å²) in [4.78, 5) is 7.44. The van der Waals surface area contributed by atoms with E-state index >= 15 is 0 Å². The SMILES string of the molecule is CCNC(=NCC1(c2cccc(F)c2)CCOCC1)NCC(c1ccco1)N1CCCC1.I. The molecule has 1 aromatic carbocycles. The van der Waals surface area contributed by atoms with Gasteiger partial charge in [0.25, 0.3) is 0 Å². The summed E-state index contributed by atoms with van der Waals surface area (Å²) in [7, 11) is 0. The molecule has 0 bridgehead atoms. The maximum atomic E-state index is 14.0. The van der Waals surface area contributed by atoms with Gasteiger partial charge in [0.2, 0.25) is 0 Å². The third kappa shape index (κ3) is 6.70. The number of ether oxygens (including phenoxy) is 1. The third-order valence-corrected chi connectivity index (χ3v) is 6.69. The molecule has 2 aliphatic heterocycles. The molecule has 1 atom stereocenters. The maximum absolute atomic E-state index is 14.0. The first kappa shape index (κ1) is 26.0. The number of benzene rings is 1. The van der Waals surface area contributed by atoms with Crippen LogP contribution >= 0.6 is 24.0 Å². The Balaban J connectivity index is 0.00000306. The Kier molecular flexibility index (Phi) is 10.0. The van der Waals surface area contributed by atoms with Crippen molar-refractivity contribution in [2.75, 3.05) is 45.9 Å². The fraction of sp³-hybridized carbons (Fsp3) is 0.560. The van der Waals surface area contributed by atoms with Crippen molar-refractivity contribution < 1.29 is 13.5 Å². The van der Waals surface area contributed by atoms with Crippen LogP contribution in [0.2, 0.25) is 0 Å². The predicted molar refractivity (Wildman–Crippen MR) is 140 cm³/mol. The van der Waals surface area contributed by atoms with Gasteiger partial charge in [0.1, 0.15) is 11.6 Å². The quantitative estimate of drug-likeness (QED) is 0.279. The Labute approximate surface area is 213 Å². The molecular weight excluding hydrogens is 534 g/mol. The highest BCUT2D eigenvalue weighted by molar-refractivity contribution is 14.0. The van der Waals surface area contributed by atoms with E-state index in [4.69, 9.17) is 14.1 Å². The number of hydrogen-bond donors (Lipinski definition) is 2. The molecule has 0 radical (unpaired) electrons. The normalized spacial score (nSPS) is 19.6. The van der Waals surface area contributed by atoms with Crippen LogP contribution in [0, 0.1) is 5.82 Å². The van der Waals surface area contributed by atoms with Gasteiger partial charge in [-0.05, 0) is 75.5 Å². The molecule has 0 saturated carbocycles. The molecule has 0 aliphatic carbocycles. The van der Waals surface area contributed by atoms with Crippen molar-refractivity contribution in [2.45, 2.75) is 44.1 Å². The van der Waals surface area contributed by atoms with Crippen LogP contribution in [0.1, 0.15) is 50.0 Å². The Hall–Kier alpha value is -1.65. The Bertz CT molecular complexity index is 865. The van der Waals surface area contributed by atoms with Crippen LogP contribution in [0.3, 0.4) is 0 Å². The number of halogens is 2. The van der Waals surface area contributed by atoms with Gasteiger partial charge in [0.15, 0.2) is 5.96 Å². The minimum atomic E-state index is -0.210. The molecular formula is C25H36FIN4O2. The van der Waals surface area contributed by atoms with E-state index in [1.54, 1.807) is 18.4 Å². The molecule has 6 nitrogen and oxygen atoms in total. The fourth-order valence-corrected chi connectivity index (χ4v) is 4.83. The van der Waals surface area contributed by atoms with Crippen molar-refractivity contribution in [1.29, 1.82) is 0 Å². The van der Waals surface area contributed by atoms with Crippen LogP contribution in [-0.4, -0.2) is 56.8 Å². The minimum Gasteiger partial charge on any atom is -0.468 e. The third-order valence-electron chi connectivity index (χ3n) is 6.69. The summed E-state index contributed by atoms with van der Waals surface area (Å²) >= 11 is 0. The molecule has 0 amide bonds. The lowest BCUT2D eigenvalue weighted by molar-refractivity contribution is 0.0530. The Morgan fingerprint density at radius 1 is 1.15 bits per heavy atom. The van der Waals surface area contributed by atoms with Gasteiger partial charge in [-0.1, -0.05) is 12.1 Å². The number of guanidine groups is 1. The summed E-state index contributed by atoms with van der Waals surface area (Å²) in [5.74, 6) is 1.57. The number of nitrogens with zero attached hydrogens (tertiary/aromatic N) is 2. The number of rotatable bonds is 8. The van der Waals surface area contributed by atoms with Gasteiger partial charge in [0, 0.05) is 31.7 Å². The number of nitrogens with one attached hydrogen (secondary N) is 2. The van der Waals surface area contributed by atoms with Gasteiger partial charge in [-0.15, -0.1) is 24.0 Å². The monoisotopic (exact) mass is 570 g/mol. The molecule has 2 fully saturated rings. The highest BCUT2D eigenvalue weighted by Gasteiger charge is 2.35. The van der Waals surface area contributed by atoms with Gasteiger partial charge >= 0.3 is 0 Å². The topological polar surface area (TPSA) is 62.0 Å². The molecule has 2 N–H and O–H groups in total. The molecule has 3 heterocycles. The molecule has 182 valence electrons. The van der Waals surface area contributed by atoms with E-state index in [-0.39, 0.29) is 41.3 Å². The van der Waals surface area contributed by atoms with Crippen LogP contribution in [0.4, 0.5) is 4.39 Å². The van der Waals surface area contributed by atoms with Gasteiger partial charge in [0.05, 0.1) is 18.8 Å². The van der Waals surface area contributed by atoms with E-state index in [0.29, 0.717) is 19.8 Å². The average Bonchev–Trinajstić information content (AvgIpc) is 3.53. The molecule has 2 aliphatic rings. The van der Waals surface area contributed by atoms with Crippen LogP contribution in [0.25, 0.3) is 0 Å². The molecule has 33 heavy (non-hydrogen) atoms. The standard InChI is InChI=1S/C25H35FN4O2.HI/c1-2-27-24(28-18-22(23-9-6-14-32-23)30-12-3-4-13-30)29-19-25(10-15-31-16-11-25)20-7-5-8-21(26)17-20;/h5-9,14,17,22H,2-4,10-13,15-16,18-19H2,1H3,(H2,27,28,29);1H. The van der Waals surface area contributed by atoms with Gasteiger partial charge in [-0.3, -0.25) is 9.89 Å². The van der Waals surface area contributed by atoms with Crippen LogP contribution in [0.5, 0.6) is 0 Å². The van der Waals surface area contributed by atoms with Gasteiger partial charge < -0.3 is 19.8 Å². The van der Waals surface area contributed by atoms with E-state index in [9.17, 15) is 4.39 Å². The largest absolute Gasteiger partial charge is 0.468 e. The van der Waals surface area contributed by atoms with E-state index in [2.05, 4.69) is 28.5 Å². The van der Waals surface area contributed by atoms with Crippen molar-refractivity contribution in [2.24, 2.45) is 4.99 Å². The predicted octanol–water partition coefficient (Wildman–Crippen LogP) is 4.48. The summed E-state index contributed by atoms with van der Waals surface area (Å²) in [6, 6.07) is 11.1. The lowest BCUT2D eigenvalue weighted by atomic mass is 9.74. The molecule has 0 spiro atoms. The zero-order valence-electron chi connectivity index (χ0n) is 19.4. The summed E-state index contributed by atoms with van der Waals surface area (Å²) in [5.41, 5.74) is 0.795.